The van der Waals surface area contributed by atoms with Crippen molar-refractivity contribution in [3.05, 3.63) is 29.3 Å². The van der Waals surface area contributed by atoms with Gasteiger partial charge in [-0.1, -0.05) is 32.9 Å². The number of carbonyl (C=O) groups excluding carboxylic acids is 1. The van der Waals surface area contributed by atoms with Gasteiger partial charge in [0, 0.05) is 6.42 Å². The molecule has 1 N–H and O–H groups in total. The van der Waals surface area contributed by atoms with Gasteiger partial charge in [-0.15, -0.1) is 0 Å². The summed E-state index contributed by atoms with van der Waals surface area (Å²) in [4.78, 5) is 11.1. The SMILES string of the molecule is CCc1ccc(O)c(C(C)(C)CCCC(=O)OC)c1. The normalized spacial score (nSPS) is 11.4. The number of methoxy groups -OCH3 is 1. The summed E-state index contributed by atoms with van der Waals surface area (Å²) < 4.78 is 4.64. The van der Waals surface area contributed by atoms with Crippen LogP contribution < -0.4 is 0 Å². The van der Waals surface area contributed by atoms with Crippen LogP contribution in [0.2, 0.25) is 0 Å². The molecule has 3 nitrogen and oxygen atoms in total. The van der Waals surface area contributed by atoms with Gasteiger partial charge < -0.3 is 9.84 Å². The minimum absolute atomic E-state index is 0.150. The first-order valence-corrected chi connectivity index (χ1v) is 6.80. The summed E-state index contributed by atoms with van der Waals surface area (Å²) >= 11 is 0. The van der Waals surface area contributed by atoms with Crippen molar-refractivity contribution in [2.45, 2.75) is 51.9 Å². The molecule has 0 unspecified atom stereocenters. The fraction of sp³-hybridized carbons (Fsp3) is 0.562. The Balaban J connectivity index is 2.78. The predicted molar refractivity (Wildman–Crippen MR) is 76.4 cm³/mol. The van der Waals surface area contributed by atoms with E-state index < -0.39 is 0 Å². The average Bonchev–Trinajstić information content (AvgIpc) is 2.38. The Morgan fingerprint density at radius 3 is 2.63 bits per heavy atom. The van der Waals surface area contributed by atoms with Crippen LogP contribution >= 0.6 is 0 Å². The summed E-state index contributed by atoms with van der Waals surface area (Å²) in [5.74, 6) is 0.155. The van der Waals surface area contributed by atoms with Gasteiger partial charge in [-0.3, -0.25) is 4.79 Å². The van der Waals surface area contributed by atoms with Gasteiger partial charge in [0.25, 0.3) is 0 Å². The van der Waals surface area contributed by atoms with Gasteiger partial charge in [0.15, 0.2) is 0 Å². The van der Waals surface area contributed by atoms with E-state index >= 15 is 0 Å². The van der Waals surface area contributed by atoms with E-state index in [1.54, 1.807) is 6.07 Å². The topological polar surface area (TPSA) is 46.5 Å². The third-order valence-electron chi connectivity index (χ3n) is 3.61. The lowest BCUT2D eigenvalue weighted by Crippen LogP contribution is -2.18. The van der Waals surface area contributed by atoms with Gasteiger partial charge in [-0.05, 0) is 41.9 Å². The number of hydrogen-bond donors (Lipinski definition) is 1. The molecule has 0 fully saturated rings. The summed E-state index contributed by atoms with van der Waals surface area (Å²) in [5, 5.41) is 10.0. The number of benzene rings is 1. The fourth-order valence-electron chi connectivity index (χ4n) is 2.26. The van der Waals surface area contributed by atoms with E-state index in [9.17, 15) is 9.90 Å². The van der Waals surface area contributed by atoms with Crippen LogP contribution in [0.5, 0.6) is 5.75 Å². The first kappa shape index (κ1) is 15.5. The monoisotopic (exact) mass is 264 g/mol. The maximum absolute atomic E-state index is 11.1. The van der Waals surface area contributed by atoms with E-state index in [1.807, 2.05) is 6.07 Å². The largest absolute Gasteiger partial charge is 0.508 e. The average molecular weight is 264 g/mol. The third kappa shape index (κ3) is 4.27. The number of rotatable bonds is 6. The summed E-state index contributed by atoms with van der Waals surface area (Å²) in [5.41, 5.74) is 2.02. The highest BCUT2D eigenvalue weighted by Crippen LogP contribution is 2.35. The second-order valence-corrected chi connectivity index (χ2v) is 5.52. The van der Waals surface area contributed by atoms with Crippen molar-refractivity contribution in [2.75, 3.05) is 7.11 Å². The molecule has 0 aliphatic heterocycles. The summed E-state index contributed by atoms with van der Waals surface area (Å²) in [6, 6.07) is 5.77. The predicted octanol–water partition coefficient (Wildman–Crippen LogP) is 3.58. The van der Waals surface area contributed by atoms with Gasteiger partial charge in [0.05, 0.1) is 7.11 Å². The number of phenolic OH excluding ortho intramolecular Hbond substituents is 1. The van der Waals surface area contributed by atoms with Crippen LogP contribution in [0.1, 0.15) is 51.2 Å². The quantitative estimate of drug-likeness (QED) is 0.799. The molecule has 19 heavy (non-hydrogen) atoms. The van der Waals surface area contributed by atoms with Crippen LogP contribution in [0.25, 0.3) is 0 Å². The molecule has 0 atom stereocenters. The van der Waals surface area contributed by atoms with Crippen molar-refractivity contribution in [1.29, 1.82) is 0 Å². The summed E-state index contributed by atoms with van der Waals surface area (Å²) in [6.45, 7) is 6.29. The van der Waals surface area contributed by atoms with E-state index in [1.165, 1.54) is 12.7 Å². The number of aryl methyl sites for hydroxylation is 1. The Kier molecular flexibility index (Phi) is 5.40. The molecule has 1 aromatic carbocycles. The first-order chi connectivity index (χ1) is 8.90. The maximum atomic E-state index is 11.1. The summed E-state index contributed by atoms with van der Waals surface area (Å²) in [7, 11) is 1.41. The van der Waals surface area contributed by atoms with Crippen LogP contribution in [0.4, 0.5) is 0 Å². The highest BCUT2D eigenvalue weighted by atomic mass is 16.5. The number of carbonyl (C=O) groups is 1. The van der Waals surface area contributed by atoms with Crippen molar-refractivity contribution >= 4 is 5.97 Å². The highest BCUT2D eigenvalue weighted by molar-refractivity contribution is 5.69. The van der Waals surface area contributed by atoms with Crippen molar-refractivity contribution in [1.82, 2.24) is 0 Å². The van der Waals surface area contributed by atoms with E-state index in [0.29, 0.717) is 12.2 Å². The van der Waals surface area contributed by atoms with E-state index in [0.717, 1.165) is 24.8 Å². The van der Waals surface area contributed by atoms with Crippen molar-refractivity contribution in [3.8, 4) is 5.75 Å². The molecule has 0 aliphatic rings. The fourth-order valence-corrected chi connectivity index (χ4v) is 2.26. The molecule has 106 valence electrons. The molecule has 0 saturated carbocycles. The lowest BCUT2D eigenvalue weighted by molar-refractivity contribution is -0.140. The minimum atomic E-state index is -0.178. The Labute approximate surface area is 115 Å². The molecule has 0 bridgehead atoms. The molecule has 1 rings (SSSR count). The minimum Gasteiger partial charge on any atom is -0.508 e. The molecule has 0 amide bonds. The maximum Gasteiger partial charge on any atom is 0.305 e. The van der Waals surface area contributed by atoms with Crippen LogP contribution in [-0.2, 0) is 21.4 Å². The Morgan fingerprint density at radius 2 is 2.05 bits per heavy atom. The molecule has 0 saturated heterocycles. The number of ether oxygens (including phenoxy) is 1. The molecule has 1 aromatic rings. The Morgan fingerprint density at radius 1 is 1.37 bits per heavy atom. The lowest BCUT2D eigenvalue weighted by atomic mass is 9.79. The Bertz CT molecular complexity index is 436. The van der Waals surface area contributed by atoms with Crippen LogP contribution in [0.15, 0.2) is 18.2 Å². The first-order valence-electron chi connectivity index (χ1n) is 6.80. The zero-order valence-electron chi connectivity index (χ0n) is 12.3. The van der Waals surface area contributed by atoms with Gasteiger partial charge in [0.1, 0.15) is 5.75 Å². The second kappa shape index (κ2) is 6.60. The van der Waals surface area contributed by atoms with Crippen LogP contribution in [0, 0.1) is 0 Å². The molecular weight excluding hydrogens is 240 g/mol. The molecule has 3 heteroatoms. The number of hydrogen-bond acceptors (Lipinski definition) is 3. The molecule has 0 heterocycles. The zero-order valence-corrected chi connectivity index (χ0v) is 12.3. The van der Waals surface area contributed by atoms with Gasteiger partial charge in [-0.25, -0.2) is 0 Å². The molecule has 0 spiro atoms. The van der Waals surface area contributed by atoms with Crippen molar-refractivity contribution in [3.63, 3.8) is 0 Å². The smallest absolute Gasteiger partial charge is 0.305 e. The number of phenols is 1. The van der Waals surface area contributed by atoms with Gasteiger partial charge in [-0.2, -0.15) is 0 Å². The van der Waals surface area contributed by atoms with Crippen LogP contribution in [0.3, 0.4) is 0 Å². The van der Waals surface area contributed by atoms with Crippen molar-refractivity contribution in [2.24, 2.45) is 0 Å². The molecular formula is C16H24O3. The zero-order chi connectivity index (χ0) is 14.5. The molecule has 0 aromatic heterocycles. The summed E-state index contributed by atoms with van der Waals surface area (Å²) in [6.07, 6.45) is 2.97. The highest BCUT2D eigenvalue weighted by Gasteiger charge is 2.24. The number of aromatic hydroxyl groups is 1. The van der Waals surface area contributed by atoms with E-state index in [4.69, 9.17) is 0 Å². The third-order valence-corrected chi connectivity index (χ3v) is 3.61. The second-order valence-electron chi connectivity index (χ2n) is 5.52. The van der Waals surface area contributed by atoms with Gasteiger partial charge >= 0.3 is 5.97 Å². The standard InChI is InChI=1S/C16H24O3/c1-5-12-8-9-14(17)13(11-12)16(2,3)10-6-7-15(18)19-4/h8-9,11,17H,5-7,10H2,1-4H3. The van der Waals surface area contributed by atoms with E-state index in [-0.39, 0.29) is 11.4 Å². The molecule has 0 aliphatic carbocycles. The van der Waals surface area contributed by atoms with Gasteiger partial charge in [0.2, 0.25) is 0 Å². The Hall–Kier alpha value is -1.51. The lowest BCUT2D eigenvalue weighted by Gasteiger charge is -2.26. The van der Waals surface area contributed by atoms with Crippen LogP contribution in [-0.4, -0.2) is 18.2 Å². The van der Waals surface area contributed by atoms with E-state index in [2.05, 4.69) is 31.6 Å². The van der Waals surface area contributed by atoms with Crippen molar-refractivity contribution < 1.29 is 14.6 Å². The molecule has 0 radical (unpaired) electrons. The number of esters is 1.